The normalized spacial score (nSPS) is 10.4. The van der Waals surface area contributed by atoms with Crippen molar-refractivity contribution in [3.8, 4) is 0 Å². The van der Waals surface area contributed by atoms with Crippen LogP contribution in [0.15, 0.2) is 59.4 Å². The molecule has 0 aliphatic rings. The number of benzene rings is 2. The molecule has 126 valence electrons. The zero-order valence-corrected chi connectivity index (χ0v) is 13.5. The summed E-state index contributed by atoms with van der Waals surface area (Å²) in [7, 11) is 0. The minimum absolute atomic E-state index is 0.0215. The lowest BCUT2D eigenvalue weighted by atomic mass is 10.1. The number of rotatable bonds is 4. The molecule has 1 aromatic heterocycles. The van der Waals surface area contributed by atoms with Gasteiger partial charge in [-0.1, -0.05) is 18.2 Å². The number of H-pyrrole nitrogens is 1. The lowest BCUT2D eigenvalue weighted by Gasteiger charge is -2.07. The molecule has 3 aromatic rings. The second-order valence-corrected chi connectivity index (χ2v) is 5.35. The molecule has 0 aliphatic heterocycles. The number of fused-ring (bicyclic) bond motifs is 1. The Kier molecular flexibility index (Phi) is 4.61. The van der Waals surface area contributed by atoms with E-state index in [9.17, 15) is 14.4 Å². The first-order chi connectivity index (χ1) is 12.1. The largest absolute Gasteiger partial charge is 0.462 e. The van der Waals surface area contributed by atoms with Crippen molar-refractivity contribution in [2.24, 2.45) is 0 Å². The SMILES string of the molecule is CCOC(=O)c1ccc(NC(=O)c2cc3ccccc3[nH]c2=O)cc1. The molecule has 6 heteroatoms. The molecule has 0 atom stereocenters. The zero-order chi connectivity index (χ0) is 17.8. The van der Waals surface area contributed by atoms with E-state index in [1.54, 1.807) is 43.3 Å². The third-order valence-electron chi connectivity index (χ3n) is 3.65. The average molecular weight is 336 g/mol. The highest BCUT2D eigenvalue weighted by molar-refractivity contribution is 6.05. The quantitative estimate of drug-likeness (QED) is 0.717. The van der Waals surface area contributed by atoms with Gasteiger partial charge in [0.05, 0.1) is 12.2 Å². The molecular weight excluding hydrogens is 320 g/mol. The van der Waals surface area contributed by atoms with E-state index in [0.29, 0.717) is 23.4 Å². The van der Waals surface area contributed by atoms with Crippen LogP contribution in [0.25, 0.3) is 10.9 Å². The van der Waals surface area contributed by atoms with Crippen molar-refractivity contribution in [2.45, 2.75) is 6.92 Å². The number of nitrogens with one attached hydrogen (secondary N) is 2. The Morgan fingerprint density at radius 2 is 1.80 bits per heavy atom. The Bertz CT molecular complexity index is 990. The molecule has 0 spiro atoms. The minimum Gasteiger partial charge on any atom is -0.462 e. The summed E-state index contributed by atoms with van der Waals surface area (Å²) in [6, 6.07) is 15.0. The number of ether oxygens (including phenoxy) is 1. The number of hydrogen-bond acceptors (Lipinski definition) is 4. The molecule has 1 amide bonds. The number of aromatic amines is 1. The van der Waals surface area contributed by atoms with Gasteiger partial charge in [-0.05, 0) is 48.7 Å². The second-order valence-electron chi connectivity index (χ2n) is 5.35. The van der Waals surface area contributed by atoms with E-state index in [2.05, 4.69) is 10.3 Å². The van der Waals surface area contributed by atoms with Crippen LogP contribution in [0.3, 0.4) is 0 Å². The summed E-state index contributed by atoms with van der Waals surface area (Å²) in [5, 5.41) is 3.42. The van der Waals surface area contributed by atoms with Crippen molar-refractivity contribution < 1.29 is 14.3 Å². The van der Waals surface area contributed by atoms with Crippen molar-refractivity contribution >= 4 is 28.5 Å². The standard InChI is InChI=1S/C19H16N2O4/c1-2-25-19(24)12-7-9-14(10-8-12)20-17(22)15-11-13-5-3-4-6-16(13)21-18(15)23/h3-11H,2H2,1H3,(H,20,22)(H,21,23). The summed E-state index contributed by atoms with van der Waals surface area (Å²) in [6.45, 7) is 2.02. The average Bonchev–Trinajstić information content (AvgIpc) is 2.62. The summed E-state index contributed by atoms with van der Waals surface area (Å²) in [5.74, 6) is -0.942. The highest BCUT2D eigenvalue weighted by Crippen LogP contribution is 2.14. The molecule has 0 bridgehead atoms. The van der Waals surface area contributed by atoms with Gasteiger partial charge in [0.1, 0.15) is 5.56 Å². The Labute approximate surface area is 143 Å². The van der Waals surface area contributed by atoms with Crippen LogP contribution in [0.4, 0.5) is 5.69 Å². The van der Waals surface area contributed by atoms with Gasteiger partial charge < -0.3 is 15.0 Å². The molecule has 0 saturated carbocycles. The second kappa shape index (κ2) is 7.00. The van der Waals surface area contributed by atoms with Crippen molar-refractivity contribution in [1.82, 2.24) is 4.98 Å². The molecular formula is C19H16N2O4. The van der Waals surface area contributed by atoms with Gasteiger partial charge in [0.25, 0.3) is 11.5 Å². The van der Waals surface area contributed by atoms with Gasteiger partial charge >= 0.3 is 5.97 Å². The van der Waals surface area contributed by atoms with Gasteiger partial charge in [0.2, 0.25) is 0 Å². The molecule has 0 radical (unpaired) electrons. The number of carbonyl (C=O) groups is 2. The first-order valence-electron chi connectivity index (χ1n) is 7.79. The Morgan fingerprint density at radius 3 is 2.52 bits per heavy atom. The van der Waals surface area contributed by atoms with Crippen LogP contribution in [0.5, 0.6) is 0 Å². The van der Waals surface area contributed by atoms with Gasteiger partial charge in [-0.15, -0.1) is 0 Å². The maximum Gasteiger partial charge on any atom is 0.338 e. The lowest BCUT2D eigenvalue weighted by Crippen LogP contribution is -2.23. The van der Waals surface area contributed by atoms with Crippen LogP contribution in [0.1, 0.15) is 27.6 Å². The Hall–Kier alpha value is -3.41. The first kappa shape index (κ1) is 16.4. The molecule has 0 fully saturated rings. The molecule has 3 rings (SSSR count). The predicted molar refractivity (Wildman–Crippen MR) is 94.9 cm³/mol. The van der Waals surface area contributed by atoms with Crippen molar-refractivity contribution in [3.05, 3.63) is 76.1 Å². The third kappa shape index (κ3) is 3.58. The van der Waals surface area contributed by atoms with Gasteiger partial charge in [-0.25, -0.2) is 4.79 Å². The van der Waals surface area contributed by atoms with E-state index in [0.717, 1.165) is 5.39 Å². The lowest BCUT2D eigenvalue weighted by molar-refractivity contribution is 0.0526. The molecule has 0 unspecified atom stereocenters. The molecule has 0 aliphatic carbocycles. The molecule has 1 heterocycles. The van der Waals surface area contributed by atoms with Gasteiger partial charge in [0.15, 0.2) is 0 Å². The summed E-state index contributed by atoms with van der Waals surface area (Å²) in [4.78, 5) is 38.8. The zero-order valence-electron chi connectivity index (χ0n) is 13.5. The number of hydrogen-bond donors (Lipinski definition) is 2. The van der Waals surface area contributed by atoms with Gasteiger partial charge in [-0.3, -0.25) is 9.59 Å². The number of para-hydroxylation sites is 1. The molecule has 2 aromatic carbocycles. The van der Waals surface area contributed by atoms with E-state index in [1.807, 2.05) is 18.2 Å². The third-order valence-corrected chi connectivity index (χ3v) is 3.65. The highest BCUT2D eigenvalue weighted by Gasteiger charge is 2.13. The molecule has 25 heavy (non-hydrogen) atoms. The van der Waals surface area contributed by atoms with Crippen LogP contribution in [-0.4, -0.2) is 23.5 Å². The van der Waals surface area contributed by atoms with Crippen LogP contribution in [-0.2, 0) is 4.74 Å². The van der Waals surface area contributed by atoms with E-state index in [-0.39, 0.29) is 5.56 Å². The Morgan fingerprint density at radius 1 is 1.08 bits per heavy atom. The number of aromatic nitrogens is 1. The van der Waals surface area contributed by atoms with Crippen molar-refractivity contribution in [1.29, 1.82) is 0 Å². The molecule has 6 nitrogen and oxygen atoms in total. The van der Waals surface area contributed by atoms with E-state index < -0.39 is 17.4 Å². The molecule has 0 saturated heterocycles. The molecule has 2 N–H and O–H groups in total. The van der Waals surface area contributed by atoms with Crippen LogP contribution >= 0.6 is 0 Å². The smallest absolute Gasteiger partial charge is 0.338 e. The number of pyridine rings is 1. The number of esters is 1. The summed E-state index contributed by atoms with van der Waals surface area (Å²) < 4.78 is 4.90. The fourth-order valence-corrected chi connectivity index (χ4v) is 2.42. The fourth-order valence-electron chi connectivity index (χ4n) is 2.42. The van der Waals surface area contributed by atoms with Crippen LogP contribution in [0.2, 0.25) is 0 Å². The van der Waals surface area contributed by atoms with Crippen LogP contribution < -0.4 is 10.9 Å². The topological polar surface area (TPSA) is 88.3 Å². The highest BCUT2D eigenvalue weighted by atomic mass is 16.5. The van der Waals surface area contributed by atoms with E-state index in [1.165, 1.54) is 0 Å². The number of anilines is 1. The minimum atomic E-state index is -0.518. The monoisotopic (exact) mass is 336 g/mol. The van der Waals surface area contributed by atoms with E-state index in [4.69, 9.17) is 4.74 Å². The maximum atomic E-state index is 12.4. The summed E-state index contributed by atoms with van der Waals surface area (Å²) in [6.07, 6.45) is 0. The van der Waals surface area contributed by atoms with Gasteiger partial charge in [0, 0.05) is 11.2 Å². The number of amides is 1. The summed E-state index contributed by atoms with van der Waals surface area (Å²) in [5.41, 5.74) is 1.10. The van der Waals surface area contributed by atoms with E-state index >= 15 is 0 Å². The maximum absolute atomic E-state index is 12.4. The number of carbonyl (C=O) groups excluding carboxylic acids is 2. The van der Waals surface area contributed by atoms with Gasteiger partial charge in [-0.2, -0.15) is 0 Å². The van der Waals surface area contributed by atoms with Crippen LogP contribution in [0, 0.1) is 0 Å². The van der Waals surface area contributed by atoms with Crippen molar-refractivity contribution in [3.63, 3.8) is 0 Å². The fraction of sp³-hybridized carbons (Fsp3) is 0.105. The van der Waals surface area contributed by atoms with Crippen molar-refractivity contribution in [2.75, 3.05) is 11.9 Å². The predicted octanol–water partition coefficient (Wildman–Crippen LogP) is 2.96. The summed E-state index contributed by atoms with van der Waals surface area (Å²) >= 11 is 0. The Balaban J connectivity index is 1.81. The first-order valence-corrected chi connectivity index (χ1v) is 7.79.